The van der Waals surface area contributed by atoms with Crippen LogP contribution in [0.5, 0.6) is 0 Å². The van der Waals surface area contributed by atoms with Gasteiger partial charge in [0.05, 0.1) is 5.92 Å². The number of benzene rings is 2. The van der Waals surface area contributed by atoms with Gasteiger partial charge in [-0.25, -0.2) is 4.79 Å². The van der Waals surface area contributed by atoms with Crippen LogP contribution in [0.25, 0.3) is 11.4 Å². The maximum absolute atomic E-state index is 12.6. The summed E-state index contributed by atoms with van der Waals surface area (Å²) in [7, 11) is 0. The average molecular weight is 462 g/mol. The molecule has 0 bridgehead atoms. The van der Waals surface area contributed by atoms with Crippen LogP contribution in [0, 0.1) is 0 Å². The molecule has 2 heterocycles. The zero-order chi connectivity index (χ0) is 19.5. The van der Waals surface area contributed by atoms with E-state index in [9.17, 15) is 4.79 Å². The molecule has 1 unspecified atom stereocenters. The summed E-state index contributed by atoms with van der Waals surface area (Å²) >= 11 is 9.34. The largest absolute Gasteiger partial charge is 0.339 e. The molecule has 1 fully saturated rings. The molecule has 6 nitrogen and oxygen atoms in total. The van der Waals surface area contributed by atoms with Gasteiger partial charge in [0.2, 0.25) is 11.7 Å². The number of aromatic nitrogens is 2. The molecule has 1 aliphatic rings. The van der Waals surface area contributed by atoms with E-state index >= 15 is 0 Å². The lowest BCUT2D eigenvalue weighted by molar-refractivity contribution is 0.184. The first-order chi connectivity index (χ1) is 13.6. The first kappa shape index (κ1) is 19.0. The number of hydrogen-bond donors (Lipinski definition) is 1. The number of likely N-dealkylation sites (tertiary alicyclic amines) is 1. The summed E-state index contributed by atoms with van der Waals surface area (Å²) in [6.45, 7) is 1.25. The Morgan fingerprint density at radius 1 is 1.25 bits per heavy atom. The Balaban J connectivity index is 1.43. The summed E-state index contributed by atoms with van der Waals surface area (Å²) < 4.78 is 6.41. The number of hydrogen-bond acceptors (Lipinski definition) is 4. The number of rotatable bonds is 3. The Kier molecular flexibility index (Phi) is 5.64. The number of piperidine rings is 1. The molecule has 1 aliphatic heterocycles. The number of nitrogens with zero attached hydrogens (tertiary/aromatic N) is 3. The smallest absolute Gasteiger partial charge is 0.321 e. The molecule has 1 saturated heterocycles. The van der Waals surface area contributed by atoms with E-state index in [1.165, 1.54) is 0 Å². The van der Waals surface area contributed by atoms with Crippen LogP contribution in [-0.4, -0.2) is 34.2 Å². The third-order valence-corrected chi connectivity index (χ3v) is 5.42. The minimum absolute atomic E-state index is 0.0237. The molecule has 2 amide bonds. The lowest BCUT2D eigenvalue weighted by atomic mass is 9.98. The van der Waals surface area contributed by atoms with E-state index < -0.39 is 0 Å². The zero-order valence-corrected chi connectivity index (χ0v) is 17.3. The first-order valence-electron chi connectivity index (χ1n) is 8.99. The highest BCUT2D eigenvalue weighted by atomic mass is 79.9. The van der Waals surface area contributed by atoms with E-state index in [0.29, 0.717) is 29.8 Å². The molecule has 0 radical (unpaired) electrons. The van der Waals surface area contributed by atoms with Crippen LogP contribution in [0.1, 0.15) is 24.7 Å². The second-order valence-corrected chi connectivity index (χ2v) is 8.04. The van der Waals surface area contributed by atoms with Crippen molar-refractivity contribution in [1.82, 2.24) is 15.0 Å². The van der Waals surface area contributed by atoms with Gasteiger partial charge in [0.1, 0.15) is 0 Å². The van der Waals surface area contributed by atoms with Crippen molar-refractivity contribution in [2.75, 3.05) is 18.4 Å². The third kappa shape index (κ3) is 4.36. The number of carbonyl (C=O) groups excluding carboxylic acids is 1. The molecule has 28 heavy (non-hydrogen) atoms. The predicted molar refractivity (Wildman–Crippen MR) is 111 cm³/mol. The van der Waals surface area contributed by atoms with Gasteiger partial charge in [-0.1, -0.05) is 38.8 Å². The maximum Gasteiger partial charge on any atom is 0.321 e. The number of carbonyl (C=O) groups is 1. The molecule has 1 atom stereocenters. The molecule has 4 rings (SSSR count). The molecule has 3 aromatic rings. The standard InChI is InChI=1S/C20H18BrClN4O2/c21-15-4-1-5-17(11-15)23-20(27)26-10-2-3-14(12-26)19-24-18(25-28-19)13-6-8-16(22)9-7-13/h1,4-9,11,14H,2-3,10,12H2,(H,23,27). The van der Waals surface area contributed by atoms with Crippen LogP contribution >= 0.6 is 27.5 Å². The second kappa shape index (κ2) is 8.32. The Morgan fingerprint density at radius 2 is 2.07 bits per heavy atom. The highest BCUT2D eigenvalue weighted by Crippen LogP contribution is 2.28. The lowest BCUT2D eigenvalue weighted by Crippen LogP contribution is -2.41. The summed E-state index contributed by atoms with van der Waals surface area (Å²) in [5.74, 6) is 1.11. The lowest BCUT2D eigenvalue weighted by Gasteiger charge is -2.31. The van der Waals surface area contributed by atoms with Crippen molar-refractivity contribution in [3.05, 3.63) is 63.9 Å². The highest BCUT2D eigenvalue weighted by Gasteiger charge is 2.28. The maximum atomic E-state index is 12.6. The second-order valence-electron chi connectivity index (χ2n) is 6.69. The van der Waals surface area contributed by atoms with Crippen molar-refractivity contribution in [3.63, 3.8) is 0 Å². The predicted octanol–water partition coefficient (Wildman–Crippen LogP) is 5.56. The summed E-state index contributed by atoms with van der Waals surface area (Å²) in [5.41, 5.74) is 1.60. The van der Waals surface area contributed by atoms with Gasteiger partial charge < -0.3 is 14.7 Å². The van der Waals surface area contributed by atoms with Gasteiger partial charge in [-0.05, 0) is 55.3 Å². The van der Waals surface area contributed by atoms with Gasteiger partial charge in [-0.15, -0.1) is 0 Å². The van der Waals surface area contributed by atoms with Gasteiger partial charge in [0, 0.05) is 33.8 Å². The van der Waals surface area contributed by atoms with Crippen LogP contribution in [0.2, 0.25) is 5.02 Å². The van der Waals surface area contributed by atoms with Crippen LogP contribution in [0.3, 0.4) is 0 Å². The molecular weight excluding hydrogens is 444 g/mol. The monoisotopic (exact) mass is 460 g/mol. The Hall–Kier alpha value is -2.38. The molecule has 0 spiro atoms. The number of anilines is 1. The van der Waals surface area contributed by atoms with Crippen LogP contribution in [-0.2, 0) is 0 Å². The molecule has 1 N–H and O–H groups in total. The summed E-state index contributed by atoms with van der Waals surface area (Å²) in [6, 6.07) is 14.7. The van der Waals surface area contributed by atoms with Crippen LogP contribution < -0.4 is 5.32 Å². The minimum atomic E-state index is -0.125. The van der Waals surface area contributed by atoms with Crippen molar-refractivity contribution in [1.29, 1.82) is 0 Å². The van der Waals surface area contributed by atoms with Crippen LogP contribution in [0.4, 0.5) is 10.5 Å². The van der Waals surface area contributed by atoms with E-state index in [0.717, 1.165) is 28.6 Å². The summed E-state index contributed by atoms with van der Waals surface area (Å²) in [4.78, 5) is 19.0. The van der Waals surface area contributed by atoms with E-state index in [2.05, 4.69) is 31.4 Å². The van der Waals surface area contributed by atoms with E-state index in [4.69, 9.17) is 16.1 Å². The summed E-state index contributed by atoms with van der Waals surface area (Å²) in [5, 5.41) is 7.68. The van der Waals surface area contributed by atoms with Crippen molar-refractivity contribution in [3.8, 4) is 11.4 Å². The summed E-state index contributed by atoms with van der Waals surface area (Å²) in [6.07, 6.45) is 1.79. The van der Waals surface area contributed by atoms with Crippen molar-refractivity contribution in [2.45, 2.75) is 18.8 Å². The molecule has 144 valence electrons. The quantitative estimate of drug-likeness (QED) is 0.554. The molecule has 1 aromatic heterocycles. The zero-order valence-electron chi connectivity index (χ0n) is 14.9. The number of halogens is 2. The van der Waals surface area contributed by atoms with Gasteiger partial charge in [0.25, 0.3) is 0 Å². The van der Waals surface area contributed by atoms with Gasteiger partial charge >= 0.3 is 6.03 Å². The van der Waals surface area contributed by atoms with Crippen molar-refractivity contribution < 1.29 is 9.32 Å². The molecule has 8 heteroatoms. The number of nitrogens with one attached hydrogen (secondary N) is 1. The molecular formula is C20H18BrClN4O2. The molecule has 0 saturated carbocycles. The number of urea groups is 1. The molecule has 2 aromatic carbocycles. The Bertz CT molecular complexity index is 976. The minimum Gasteiger partial charge on any atom is -0.339 e. The molecule has 0 aliphatic carbocycles. The Labute approximate surface area is 176 Å². The first-order valence-corrected chi connectivity index (χ1v) is 10.2. The van der Waals surface area contributed by atoms with E-state index in [1.807, 2.05) is 36.4 Å². The van der Waals surface area contributed by atoms with Crippen molar-refractivity contribution >= 4 is 39.2 Å². The van der Waals surface area contributed by atoms with E-state index in [-0.39, 0.29) is 11.9 Å². The average Bonchev–Trinajstić information content (AvgIpc) is 3.19. The SMILES string of the molecule is O=C(Nc1cccc(Br)c1)N1CCCC(c2nc(-c3ccc(Cl)cc3)no2)C1. The fraction of sp³-hybridized carbons (Fsp3) is 0.250. The fourth-order valence-corrected chi connectivity index (χ4v) is 3.77. The van der Waals surface area contributed by atoms with Crippen molar-refractivity contribution in [2.24, 2.45) is 0 Å². The Morgan fingerprint density at radius 3 is 2.86 bits per heavy atom. The van der Waals surface area contributed by atoms with Crippen LogP contribution in [0.15, 0.2) is 57.5 Å². The topological polar surface area (TPSA) is 71.3 Å². The highest BCUT2D eigenvalue weighted by molar-refractivity contribution is 9.10. The van der Waals surface area contributed by atoms with Gasteiger partial charge in [-0.2, -0.15) is 4.98 Å². The third-order valence-electron chi connectivity index (χ3n) is 4.68. The normalized spacial score (nSPS) is 16.8. The van der Waals surface area contributed by atoms with Gasteiger partial charge in [-0.3, -0.25) is 0 Å². The van der Waals surface area contributed by atoms with E-state index in [1.54, 1.807) is 17.0 Å². The van der Waals surface area contributed by atoms with Gasteiger partial charge in [0.15, 0.2) is 0 Å². The fourth-order valence-electron chi connectivity index (χ4n) is 3.25. The number of amides is 2.